The highest BCUT2D eigenvalue weighted by Crippen LogP contribution is 2.07. The normalized spacial score (nSPS) is 8.95. The lowest BCUT2D eigenvalue weighted by Gasteiger charge is -2.07. The molecule has 0 radical (unpaired) electrons. The maximum atomic E-state index is 12.0. The maximum Gasteiger partial charge on any atom is 0.274 e. The fraction of sp³-hybridized carbons (Fsp3) is 0.412. The highest BCUT2D eigenvalue weighted by molar-refractivity contribution is 5.35. The summed E-state index contributed by atoms with van der Waals surface area (Å²) in [4.78, 5) is 12.0. The van der Waals surface area contributed by atoms with Crippen LogP contribution in [0.15, 0.2) is 35.3 Å². The lowest BCUT2D eigenvalue weighted by atomic mass is 10.2. The lowest BCUT2D eigenvalue weighted by Crippen LogP contribution is -2.23. The summed E-state index contributed by atoms with van der Waals surface area (Å²) < 4.78 is 1.44. The van der Waals surface area contributed by atoms with Crippen LogP contribution < -0.4 is 5.56 Å². The number of hydrogen-bond acceptors (Lipinski definition) is 2. The van der Waals surface area contributed by atoms with Crippen LogP contribution in [-0.4, -0.2) is 9.78 Å². The molecule has 20 heavy (non-hydrogen) atoms. The summed E-state index contributed by atoms with van der Waals surface area (Å²) in [7, 11) is 0. The molecule has 3 nitrogen and oxygen atoms in total. The quantitative estimate of drug-likeness (QED) is 0.780. The molecule has 0 atom stereocenters. The Morgan fingerprint density at radius 3 is 2.15 bits per heavy atom. The van der Waals surface area contributed by atoms with Crippen LogP contribution in [0.1, 0.15) is 44.4 Å². The highest BCUT2D eigenvalue weighted by Gasteiger charge is 2.05. The first-order valence-corrected chi connectivity index (χ1v) is 7.22. The average Bonchev–Trinajstić information content (AvgIpc) is 2.49. The predicted octanol–water partition coefficient (Wildman–Crippen LogP) is 4.21. The number of benzene rings is 1. The van der Waals surface area contributed by atoms with Crippen LogP contribution >= 0.6 is 0 Å². The smallest absolute Gasteiger partial charge is 0.267 e. The molecule has 0 saturated carbocycles. The molecule has 0 amide bonds. The van der Waals surface area contributed by atoms with Crippen molar-refractivity contribution in [1.82, 2.24) is 9.78 Å². The van der Waals surface area contributed by atoms with E-state index in [1.54, 1.807) is 6.20 Å². The van der Waals surface area contributed by atoms with Crippen LogP contribution in [0.4, 0.5) is 0 Å². The molecule has 2 rings (SSSR count). The van der Waals surface area contributed by atoms with Gasteiger partial charge in [0.05, 0.1) is 11.9 Å². The van der Waals surface area contributed by atoms with E-state index < -0.39 is 0 Å². The summed E-state index contributed by atoms with van der Waals surface area (Å²) in [6.07, 6.45) is 1.72. The number of rotatable bonds is 1. The van der Waals surface area contributed by atoms with E-state index in [-0.39, 0.29) is 5.56 Å². The fourth-order valence-corrected chi connectivity index (χ4v) is 1.56. The minimum atomic E-state index is -0.0504. The third kappa shape index (κ3) is 4.34. The zero-order valence-electron chi connectivity index (χ0n) is 13.7. The molecular weight excluding hydrogens is 248 g/mol. The van der Waals surface area contributed by atoms with Gasteiger partial charge in [-0.15, -0.1) is 0 Å². The van der Waals surface area contributed by atoms with Gasteiger partial charge in [-0.25, -0.2) is 0 Å². The summed E-state index contributed by atoms with van der Waals surface area (Å²) in [5, 5.41) is 4.15. The molecule has 0 bridgehead atoms. The van der Waals surface area contributed by atoms with E-state index in [1.165, 1.54) is 4.68 Å². The molecule has 1 aromatic heterocycles. The molecule has 0 saturated heterocycles. The van der Waals surface area contributed by atoms with Gasteiger partial charge in [-0.3, -0.25) is 4.79 Å². The highest BCUT2D eigenvalue weighted by atomic mass is 16.1. The molecular formula is C17H26N2O. The molecule has 0 spiro atoms. The standard InChI is InChI=1S/C13H14N2O.2C2H6/c1-9-5-4-6-12(7-9)15-13(16)11(3)10(2)8-14-15;2*1-2/h4-8H,1-3H3;2*1-2H3. The molecule has 1 heterocycles. The minimum Gasteiger partial charge on any atom is -0.267 e. The Hall–Kier alpha value is -1.90. The van der Waals surface area contributed by atoms with E-state index in [0.717, 1.165) is 22.4 Å². The van der Waals surface area contributed by atoms with E-state index in [2.05, 4.69) is 5.10 Å². The third-order valence-corrected chi connectivity index (χ3v) is 2.72. The second kappa shape index (κ2) is 9.08. The molecule has 0 aliphatic rings. The molecule has 110 valence electrons. The van der Waals surface area contributed by atoms with Crippen LogP contribution in [0.5, 0.6) is 0 Å². The van der Waals surface area contributed by atoms with E-state index in [4.69, 9.17) is 0 Å². The average molecular weight is 274 g/mol. The van der Waals surface area contributed by atoms with Gasteiger partial charge < -0.3 is 0 Å². The van der Waals surface area contributed by atoms with E-state index >= 15 is 0 Å². The SMILES string of the molecule is CC.CC.Cc1cccc(-n2ncc(C)c(C)c2=O)c1. The minimum absolute atomic E-state index is 0.0504. The monoisotopic (exact) mass is 274 g/mol. The summed E-state index contributed by atoms with van der Waals surface area (Å²) in [6, 6.07) is 7.75. The van der Waals surface area contributed by atoms with Crippen molar-refractivity contribution in [3.63, 3.8) is 0 Å². The van der Waals surface area contributed by atoms with Gasteiger partial charge in [-0.05, 0) is 44.0 Å². The van der Waals surface area contributed by atoms with Gasteiger partial charge in [0.2, 0.25) is 0 Å². The van der Waals surface area contributed by atoms with Crippen molar-refractivity contribution in [2.45, 2.75) is 48.5 Å². The molecule has 1 aromatic carbocycles. The van der Waals surface area contributed by atoms with Gasteiger partial charge >= 0.3 is 0 Å². The molecule has 0 unspecified atom stereocenters. The van der Waals surface area contributed by atoms with Crippen LogP contribution in [0, 0.1) is 20.8 Å². The zero-order valence-corrected chi connectivity index (χ0v) is 13.7. The van der Waals surface area contributed by atoms with Crippen molar-refractivity contribution in [3.8, 4) is 5.69 Å². The summed E-state index contributed by atoms with van der Waals surface area (Å²) in [6.45, 7) is 13.7. The van der Waals surface area contributed by atoms with E-state index in [9.17, 15) is 4.79 Å². The summed E-state index contributed by atoms with van der Waals surface area (Å²) >= 11 is 0. The number of nitrogens with zero attached hydrogens (tertiary/aromatic N) is 2. The molecule has 3 heteroatoms. The van der Waals surface area contributed by atoms with E-state index in [1.807, 2.05) is 72.7 Å². The topological polar surface area (TPSA) is 34.9 Å². The van der Waals surface area contributed by atoms with Gasteiger partial charge in [0.15, 0.2) is 0 Å². The number of hydrogen-bond donors (Lipinski definition) is 0. The first-order valence-electron chi connectivity index (χ1n) is 7.22. The van der Waals surface area contributed by atoms with E-state index in [0.29, 0.717) is 0 Å². The van der Waals surface area contributed by atoms with Crippen molar-refractivity contribution >= 4 is 0 Å². The van der Waals surface area contributed by atoms with Crippen LogP contribution in [-0.2, 0) is 0 Å². The zero-order chi connectivity index (χ0) is 15.7. The lowest BCUT2D eigenvalue weighted by molar-refractivity contribution is 0.788. The Labute approximate surface area is 122 Å². The van der Waals surface area contributed by atoms with Crippen molar-refractivity contribution in [1.29, 1.82) is 0 Å². The number of aromatic nitrogens is 2. The molecule has 0 aliphatic heterocycles. The second-order valence-corrected chi connectivity index (χ2v) is 4.01. The second-order valence-electron chi connectivity index (χ2n) is 4.01. The number of aryl methyl sites for hydroxylation is 2. The largest absolute Gasteiger partial charge is 0.274 e. The summed E-state index contributed by atoms with van der Waals surface area (Å²) in [5.41, 5.74) is 3.55. The Morgan fingerprint density at radius 2 is 1.60 bits per heavy atom. The first-order chi connectivity index (χ1) is 9.59. The van der Waals surface area contributed by atoms with Gasteiger partial charge in [0, 0.05) is 5.56 Å². The van der Waals surface area contributed by atoms with Gasteiger partial charge in [-0.1, -0.05) is 39.8 Å². The first kappa shape index (κ1) is 18.1. The summed E-state index contributed by atoms with van der Waals surface area (Å²) in [5.74, 6) is 0. The Balaban J connectivity index is 0.000000829. The molecule has 0 N–H and O–H groups in total. The van der Waals surface area contributed by atoms with Gasteiger partial charge in [0.25, 0.3) is 5.56 Å². The Kier molecular flexibility index (Phi) is 8.21. The van der Waals surface area contributed by atoms with Crippen molar-refractivity contribution in [3.05, 3.63) is 57.5 Å². The van der Waals surface area contributed by atoms with Crippen molar-refractivity contribution < 1.29 is 0 Å². The van der Waals surface area contributed by atoms with Crippen LogP contribution in [0.25, 0.3) is 5.69 Å². The predicted molar refractivity (Wildman–Crippen MR) is 86.7 cm³/mol. The third-order valence-electron chi connectivity index (χ3n) is 2.72. The fourth-order valence-electron chi connectivity index (χ4n) is 1.56. The van der Waals surface area contributed by atoms with Crippen molar-refractivity contribution in [2.24, 2.45) is 0 Å². The maximum absolute atomic E-state index is 12.0. The van der Waals surface area contributed by atoms with Gasteiger partial charge in [-0.2, -0.15) is 9.78 Å². The van der Waals surface area contributed by atoms with Crippen molar-refractivity contribution in [2.75, 3.05) is 0 Å². The molecule has 2 aromatic rings. The van der Waals surface area contributed by atoms with Crippen LogP contribution in [0.3, 0.4) is 0 Å². The Bertz CT molecular complexity index is 586. The van der Waals surface area contributed by atoms with Gasteiger partial charge in [0.1, 0.15) is 0 Å². The molecule has 0 aliphatic carbocycles. The molecule has 0 fully saturated rings. The van der Waals surface area contributed by atoms with Crippen LogP contribution in [0.2, 0.25) is 0 Å². The Morgan fingerprint density at radius 1 is 1.00 bits per heavy atom.